The molecule has 0 saturated heterocycles. The van der Waals surface area contributed by atoms with E-state index < -0.39 is 19.2 Å². The zero-order valence-electron chi connectivity index (χ0n) is 21.9. The molecule has 0 heterocycles. The Balaban J connectivity index is 1.77. The molecule has 0 radical (unpaired) electrons. The third-order valence-corrected chi connectivity index (χ3v) is 14.2. The van der Waals surface area contributed by atoms with Crippen LogP contribution < -0.4 is 0 Å². The van der Waals surface area contributed by atoms with Gasteiger partial charge < -0.3 is 0 Å². The molecule has 0 aliphatic carbocycles. The second-order valence-corrected chi connectivity index (χ2v) is 21.3. The summed E-state index contributed by atoms with van der Waals surface area (Å²) in [5.74, 6) is 0. The number of rotatable bonds is 12. The SMILES string of the molecule is CC(C)(C[O][Zr]([Br])([O]CC(C)(C)c1ccccc1)[O]CC(C)(C)c1ccccc1)c1ccccc1. The molecule has 0 amide bonds. The average Bonchev–Trinajstić information content (AvgIpc) is 2.87. The van der Waals surface area contributed by atoms with Crippen molar-refractivity contribution >= 4 is 12.2 Å². The fourth-order valence-corrected chi connectivity index (χ4v) is 10.4. The van der Waals surface area contributed by atoms with E-state index in [0.717, 1.165) is 0 Å². The maximum absolute atomic E-state index is 6.59. The van der Waals surface area contributed by atoms with Crippen molar-refractivity contribution in [3.63, 3.8) is 0 Å². The van der Waals surface area contributed by atoms with Crippen LogP contribution in [0.4, 0.5) is 0 Å². The summed E-state index contributed by atoms with van der Waals surface area (Å²) in [5, 5.41) is 0. The van der Waals surface area contributed by atoms with Crippen molar-refractivity contribution in [3.05, 3.63) is 108 Å². The Morgan fingerprint density at radius 2 is 0.714 bits per heavy atom. The van der Waals surface area contributed by atoms with Crippen molar-refractivity contribution in [2.75, 3.05) is 19.8 Å². The van der Waals surface area contributed by atoms with E-state index in [1.165, 1.54) is 16.7 Å². The normalized spacial score (nSPS) is 13.1. The van der Waals surface area contributed by atoms with Crippen molar-refractivity contribution < 1.29 is 27.7 Å². The van der Waals surface area contributed by atoms with E-state index in [2.05, 4.69) is 127 Å². The Morgan fingerprint density at radius 3 is 0.943 bits per heavy atom. The molecule has 35 heavy (non-hydrogen) atoms. The first-order valence-corrected chi connectivity index (χ1v) is 20.8. The van der Waals surface area contributed by atoms with Gasteiger partial charge in [-0.3, -0.25) is 0 Å². The van der Waals surface area contributed by atoms with E-state index in [4.69, 9.17) is 8.44 Å². The standard InChI is InChI=1S/3C10H13O.BrH.Zr/c3*1-10(2,8-11)9-6-4-3-5-7-9;;/h3*3-7H,8H2,1-2H3;1H;/q3*-1;;+4/p-1. The molecule has 0 N–H and O–H groups in total. The molecule has 3 aromatic rings. The summed E-state index contributed by atoms with van der Waals surface area (Å²) < 4.78 is 19.8. The Morgan fingerprint density at radius 1 is 0.486 bits per heavy atom. The first-order valence-electron chi connectivity index (χ1n) is 12.2. The van der Waals surface area contributed by atoms with Crippen LogP contribution in [0, 0.1) is 0 Å². The zero-order chi connectivity index (χ0) is 25.6. The minimum atomic E-state index is -4.08. The van der Waals surface area contributed by atoms with E-state index in [1.54, 1.807) is 0 Å². The van der Waals surface area contributed by atoms with Crippen molar-refractivity contribution in [1.29, 1.82) is 0 Å². The van der Waals surface area contributed by atoms with E-state index >= 15 is 0 Å². The monoisotopic (exact) mass is 616 g/mol. The van der Waals surface area contributed by atoms with Crippen molar-refractivity contribution in [1.82, 2.24) is 0 Å². The van der Waals surface area contributed by atoms with Gasteiger partial charge in [0.1, 0.15) is 0 Å². The average molecular weight is 619 g/mol. The number of halogens is 1. The number of hydrogen-bond acceptors (Lipinski definition) is 3. The van der Waals surface area contributed by atoms with Crippen LogP contribution in [-0.4, -0.2) is 19.8 Å². The zero-order valence-corrected chi connectivity index (χ0v) is 25.9. The van der Waals surface area contributed by atoms with Gasteiger partial charge in [-0.15, -0.1) is 0 Å². The Bertz CT molecular complexity index is 902. The van der Waals surface area contributed by atoms with Crippen LogP contribution in [0.2, 0.25) is 0 Å². The molecule has 3 rings (SSSR count). The Kier molecular flexibility index (Phi) is 9.73. The third-order valence-electron chi connectivity index (χ3n) is 6.48. The Hall–Kier alpha value is -1.10. The topological polar surface area (TPSA) is 27.7 Å². The first kappa shape index (κ1) is 28.5. The molecule has 0 saturated carbocycles. The molecule has 0 aromatic heterocycles. The maximum atomic E-state index is 6.59. The van der Waals surface area contributed by atoms with Gasteiger partial charge in [0, 0.05) is 0 Å². The fraction of sp³-hybridized carbons (Fsp3) is 0.400. The molecule has 0 spiro atoms. The van der Waals surface area contributed by atoms with Crippen LogP contribution in [0.25, 0.3) is 0 Å². The van der Waals surface area contributed by atoms with Gasteiger partial charge in [-0.1, -0.05) is 0 Å². The summed E-state index contributed by atoms with van der Waals surface area (Å²) in [7, 11) is 0. The van der Waals surface area contributed by atoms with Crippen LogP contribution in [0.1, 0.15) is 58.2 Å². The van der Waals surface area contributed by atoms with Crippen LogP contribution in [0.5, 0.6) is 0 Å². The molecular weight excluding hydrogens is 579 g/mol. The Labute approximate surface area is 223 Å². The fourth-order valence-electron chi connectivity index (χ4n) is 3.84. The molecule has 0 aliphatic rings. The number of benzene rings is 3. The second kappa shape index (κ2) is 12.0. The minimum absolute atomic E-state index is 0.173. The van der Waals surface area contributed by atoms with Crippen LogP contribution in [-0.2, 0) is 43.9 Å². The van der Waals surface area contributed by atoms with Gasteiger partial charge in [-0.25, -0.2) is 0 Å². The summed E-state index contributed by atoms with van der Waals surface area (Å²) >= 11 is -0.175. The van der Waals surface area contributed by atoms with Crippen molar-refractivity contribution in [2.24, 2.45) is 0 Å². The van der Waals surface area contributed by atoms with Gasteiger partial charge in [0.05, 0.1) is 0 Å². The van der Waals surface area contributed by atoms with Gasteiger partial charge in [0.25, 0.3) is 0 Å². The van der Waals surface area contributed by atoms with Gasteiger partial charge in [-0.2, -0.15) is 0 Å². The molecule has 0 bridgehead atoms. The predicted octanol–water partition coefficient (Wildman–Crippen LogP) is 8.18. The summed E-state index contributed by atoms with van der Waals surface area (Å²) in [6.07, 6.45) is 0. The van der Waals surface area contributed by atoms with E-state index in [0.29, 0.717) is 19.8 Å². The quantitative estimate of drug-likeness (QED) is 0.205. The number of hydrogen-bond donors (Lipinski definition) is 0. The van der Waals surface area contributed by atoms with Crippen molar-refractivity contribution in [3.8, 4) is 0 Å². The molecule has 0 unspecified atom stereocenters. The molecule has 5 heteroatoms. The molecule has 0 fully saturated rings. The summed E-state index contributed by atoms with van der Waals surface area (Å²) in [6, 6.07) is 31.4. The van der Waals surface area contributed by atoms with Gasteiger partial charge in [-0.05, 0) is 0 Å². The van der Waals surface area contributed by atoms with Gasteiger partial charge >= 0.3 is 225 Å². The van der Waals surface area contributed by atoms with E-state index in [1.807, 2.05) is 18.2 Å². The van der Waals surface area contributed by atoms with Crippen LogP contribution in [0.15, 0.2) is 91.0 Å². The van der Waals surface area contributed by atoms with Crippen LogP contribution >= 0.6 is 12.2 Å². The van der Waals surface area contributed by atoms with Gasteiger partial charge in [0.2, 0.25) is 0 Å². The summed E-state index contributed by atoms with van der Waals surface area (Å²) in [4.78, 5) is 0. The molecular formula is C30H39BrO3Zr. The molecule has 188 valence electrons. The molecule has 0 atom stereocenters. The predicted molar refractivity (Wildman–Crippen MR) is 145 cm³/mol. The summed E-state index contributed by atoms with van der Waals surface area (Å²) in [6.45, 7) is 14.7. The first-order chi connectivity index (χ1) is 16.4. The third kappa shape index (κ3) is 8.20. The molecule has 3 nitrogen and oxygen atoms in total. The molecule has 3 aromatic carbocycles. The molecule has 0 aliphatic heterocycles. The van der Waals surface area contributed by atoms with Crippen molar-refractivity contribution in [2.45, 2.75) is 57.8 Å². The van der Waals surface area contributed by atoms with E-state index in [9.17, 15) is 0 Å². The van der Waals surface area contributed by atoms with Gasteiger partial charge in [0.15, 0.2) is 0 Å². The van der Waals surface area contributed by atoms with E-state index in [-0.39, 0.29) is 16.2 Å². The summed E-state index contributed by atoms with van der Waals surface area (Å²) in [5.41, 5.74) is 3.18. The second-order valence-electron chi connectivity index (χ2n) is 11.1. The van der Waals surface area contributed by atoms with Crippen LogP contribution in [0.3, 0.4) is 0 Å².